The van der Waals surface area contributed by atoms with Gasteiger partial charge in [-0.2, -0.15) is 21.5 Å². The Labute approximate surface area is 168 Å². The molecule has 9 heteroatoms. The Morgan fingerprint density at radius 2 is 1.90 bits per heavy atom. The molecule has 0 aliphatic rings. The molecule has 6 aromatic heterocycles. The fourth-order valence-corrected chi connectivity index (χ4v) is 4.08. The molecule has 6 rings (SSSR count). The van der Waals surface area contributed by atoms with E-state index >= 15 is 0 Å². The minimum Gasteiger partial charge on any atom is -0.336 e. The second-order valence-corrected chi connectivity index (χ2v) is 7.50. The van der Waals surface area contributed by atoms with E-state index < -0.39 is 0 Å². The standard InChI is InChI=1S/C20H14N8S/c1-28-9-12(8-22-28)13-2-3-15-18(23-13)19(27-26-15)20-24-14-4-6-21-16(17(14)25-20)11-5-7-29-10-11/h2-10H,1H3,(H,24,25)(H,26,27). The molecule has 6 aromatic rings. The second kappa shape index (κ2) is 6.08. The summed E-state index contributed by atoms with van der Waals surface area (Å²) in [5.41, 5.74) is 7.73. The number of thiophene rings is 1. The maximum absolute atomic E-state index is 4.82. The van der Waals surface area contributed by atoms with Gasteiger partial charge in [0.05, 0.1) is 28.6 Å². The van der Waals surface area contributed by atoms with Crippen LogP contribution in [0.2, 0.25) is 0 Å². The lowest BCUT2D eigenvalue weighted by Crippen LogP contribution is -1.87. The maximum Gasteiger partial charge on any atom is 0.161 e. The lowest BCUT2D eigenvalue weighted by atomic mass is 10.2. The fourth-order valence-electron chi connectivity index (χ4n) is 3.44. The summed E-state index contributed by atoms with van der Waals surface area (Å²) in [6.45, 7) is 0. The molecule has 0 aromatic carbocycles. The number of nitrogens with one attached hydrogen (secondary N) is 2. The second-order valence-electron chi connectivity index (χ2n) is 6.72. The Hall–Kier alpha value is -3.85. The van der Waals surface area contributed by atoms with Gasteiger partial charge >= 0.3 is 0 Å². The summed E-state index contributed by atoms with van der Waals surface area (Å²) in [6.07, 6.45) is 5.53. The molecule has 0 fully saturated rings. The predicted octanol–water partition coefficient (Wildman–Crippen LogP) is 4.03. The van der Waals surface area contributed by atoms with Crippen molar-refractivity contribution in [1.82, 2.24) is 39.9 Å². The van der Waals surface area contributed by atoms with Gasteiger partial charge in [-0.15, -0.1) is 0 Å². The number of hydrogen-bond acceptors (Lipinski definition) is 6. The first-order valence-corrected chi connectivity index (χ1v) is 9.92. The highest BCUT2D eigenvalue weighted by Crippen LogP contribution is 2.31. The van der Waals surface area contributed by atoms with E-state index in [4.69, 9.17) is 9.97 Å². The smallest absolute Gasteiger partial charge is 0.161 e. The molecule has 0 bridgehead atoms. The first-order valence-electron chi connectivity index (χ1n) is 8.98. The van der Waals surface area contributed by atoms with E-state index in [1.54, 1.807) is 28.4 Å². The first kappa shape index (κ1) is 16.1. The topological polar surface area (TPSA) is 101 Å². The Morgan fingerprint density at radius 3 is 2.72 bits per heavy atom. The van der Waals surface area contributed by atoms with Gasteiger partial charge in [-0.25, -0.2) is 9.97 Å². The number of imidazole rings is 1. The third kappa shape index (κ3) is 2.55. The van der Waals surface area contributed by atoms with Crippen molar-refractivity contribution in [1.29, 1.82) is 0 Å². The quantitative estimate of drug-likeness (QED) is 0.469. The number of rotatable bonds is 3. The van der Waals surface area contributed by atoms with Gasteiger partial charge in [-0.1, -0.05) is 0 Å². The van der Waals surface area contributed by atoms with Crippen LogP contribution >= 0.6 is 11.3 Å². The molecule has 0 amide bonds. The molecule has 0 saturated heterocycles. The molecule has 2 N–H and O–H groups in total. The van der Waals surface area contributed by atoms with E-state index in [1.165, 1.54) is 0 Å². The number of fused-ring (bicyclic) bond motifs is 2. The summed E-state index contributed by atoms with van der Waals surface area (Å²) in [5.74, 6) is 0.659. The van der Waals surface area contributed by atoms with E-state index in [0.717, 1.165) is 44.6 Å². The fraction of sp³-hybridized carbons (Fsp3) is 0.0500. The van der Waals surface area contributed by atoms with E-state index in [1.807, 2.05) is 42.9 Å². The van der Waals surface area contributed by atoms with Gasteiger partial charge in [0.1, 0.15) is 11.0 Å². The van der Waals surface area contributed by atoms with Crippen LogP contribution in [0.15, 0.2) is 53.6 Å². The largest absolute Gasteiger partial charge is 0.336 e. The SMILES string of the molecule is Cn1cc(-c2ccc3[nH]nc(-c4nc5c(-c6ccsc6)nccc5[nH]4)c3n2)cn1. The van der Waals surface area contributed by atoms with Crippen molar-refractivity contribution in [2.24, 2.45) is 7.05 Å². The molecular weight excluding hydrogens is 384 g/mol. The molecule has 8 nitrogen and oxygen atoms in total. The van der Waals surface area contributed by atoms with E-state index in [0.29, 0.717) is 11.5 Å². The van der Waals surface area contributed by atoms with Crippen molar-refractivity contribution < 1.29 is 0 Å². The van der Waals surface area contributed by atoms with Crippen LogP contribution in [-0.4, -0.2) is 39.9 Å². The lowest BCUT2D eigenvalue weighted by molar-refractivity contribution is 0.768. The zero-order valence-electron chi connectivity index (χ0n) is 15.3. The van der Waals surface area contributed by atoms with Crippen LogP contribution in [0.4, 0.5) is 0 Å². The summed E-state index contributed by atoms with van der Waals surface area (Å²) < 4.78 is 1.76. The molecular formula is C20H14N8S. The highest BCUT2D eigenvalue weighted by molar-refractivity contribution is 7.08. The number of aryl methyl sites for hydroxylation is 1. The van der Waals surface area contributed by atoms with Crippen LogP contribution in [-0.2, 0) is 7.05 Å². The van der Waals surface area contributed by atoms with Gasteiger partial charge < -0.3 is 4.98 Å². The predicted molar refractivity (Wildman–Crippen MR) is 112 cm³/mol. The van der Waals surface area contributed by atoms with Crippen molar-refractivity contribution in [2.45, 2.75) is 0 Å². The average Bonchev–Trinajstić information content (AvgIpc) is 3.51. The molecule has 29 heavy (non-hydrogen) atoms. The van der Waals surface area contributed by atoms with Crippen molar-refractivity contribution in [3.63, 3.8) is 0 Å². The number of aromatic nitrogens is 8. The highest BCUT2D eigenvalue weighted by Gasteiger charge is 2.17. The summed E-state index contributed by atoms with van der Waals surface area (Å²) in [4.78, 5) is 17.5. The number of nitrogens with zero attached hydrogens (tertiary/aromatic N) is 6. The van der Waals surface area contributed by atoms with Gasteiger partial charge in [0.15, 0.2) is 11.5 Å². The molecule has 0 atom stereocenters. The zero-order valence-corrected chi connectivity index (χ0v) is 16.1. The van der Waals surface area contributed by atoms with Crippen LogP contribution < -0.4 is 0 Å². The molecule has 0 aliphatic heterocycles. The maximum atomic E-state index is 4.82. The van der Waals surface area contributed by atoms with E-state index in [-0.39, 0.29) is 0 Å². The van der Waals surface area contributed by atoms with Crippen LogP contribution in [0.1, 0.15) is 0 Å². The van der Waals surface area contributed by atoms with Crippen molar-refractivity contribution in [3.8, 4) is 34.0 Å². The Kier molecular flexibility index (Phi) is 3.38. The Balaban J connectivity index is 1.53. The van der Waals surface area contributed by atoms with Crippen LogP contribution in [0.25, 0.3) is 56.1 Å². The number of H-pyrrole nitrogens is 2. The van der Waals surface area contributed by atoms with Gasteiger partial charge in [0.25, 0.3) is 0 Å². The first-order chi connectivity index (χ1) is 14.3. The van der Waals surface area contributed by atoms with Crippen molar-refractivity contribution in [3.05, 3.63) is 53.6 Å². The van der Waals surface area contributed by atoms with Crippen LogP contribution in [0, 0.1) is 0 Å². The minimum atomic E-state index is 0.659. The number of pyridine rings is 2. The van der Waals surface area contributed by atoms with E-state index in [2.05, 4.69) is 30.6 Å². The summed E-state index contributed by atoms with van der Waals surface area (Å²) in [7, 11) is 1.89. The minimum absolute atomic E-state index is 0.659. The molecule has 0 spiro atoms. The summed E-state index contributed by atoms with van der Waals surface area (Å²) >= 11 is 1.64. The molecule has 140 valence electrons. The van der Waals surface area contributed by atoms with Crippen LogP contribution in [0.3, 0.4) is 0 Å². The third-order valence-electron chi connectivity index (χ3n) is 4.83. The Bertz CT molecular complexity index is 1470. The van der Waals surface area contributed by atoms with Gasteiger partial charge in [0, 0.05) is 35.9 Å². The highest BCUT2D eigenvalue weighted by atomic mass is 32.1. The summed E-state index contributed by atoms with van der Waals surface area (Å²) in [5, 5.41) is 15.9. The third-order valence-corrected chi connectivity index (χ3v) is 5.51. The molecule has 0 unspecified atom stereocenters. The molecule has 0 radical (unpaired) electrons. The Morgan fingerprint density at radius 1 is 0.966 bits per heavy atom. The average molecular weight is 398 g/mol. The molecule has 6 heterocycles. The van der Waals surface area contributed by atoms with Gasteiger partial charge in [-0.05, 0) is 29.6 Å². The number of hydrogen-bond donors (Lipinski definition) is 2. The van der Waals surface area contributed by atoms with E-state index in [9.17, 15) is 0 Å². The summed E-state index contributed by atoms with van der Waals surface area (Å²) in [6, 6.07) is 7.90. The lowest BCUT2D eigenvalue weighted by Gasteiger charge is -1.98. The van der Waals surface area contributed by atoms with Crippen molar-refractivity contribution in [2.75, 3.05) is 0 Å². The zero-order chi connectivity index (χ0) is 19.4. The van der Waals surface area contributed by atoms with Gasteiger partial charge in [-0.3, -0.25) is 14.8 Å². The number of aromatic amines is 2. The molecule has 0 saturated carbocycles. The molecule has 0 aliphatic carbocycles. The normalized spacial score (nSPS) is 11.6. The van der Waals surface area contributed by atoms with Crippen molar-refractivity contribution >= 4 is 33.4 Å². The monoisotopic (exact) mass is 398 g/mol. The van der Waals surface area contributed by atoms with Gasteiger partial charge in [0.2, 0.25) is 0 Å². The van der Waals surface area contributed by atoms with Crippen LogP contribution in [0.5, 0.6) is 0 Å².